The second-order valence-corrected chi connectivity index (χ2v) is 19.5. The second kappa shape index (κ2) is 56.0. The zero-order valence-electron chi connectivity index (χ0n) is 44.7. The van der Waals surface area contributed by atoms with Crippen molar-refractivity contribution in [2.75, 3.05) is 13.2 Å². The van der Waals surface area contributed by atoms with E-state index in [1.54, 1.807) is 0 Å². The second-order valence-electron chi connectivity index (χ2n) is 19.5. The van der Waals surface area contributed by atoms with Crippen LogP contribution in [-0.2, 0) is 28.6 Å². The fourth-order valence-electron chi connectivity index (χ4n) is 8.35. The van der Waals surface area contributed by atoms with Crippen LogP contribution in [0.25, 0.3) is 0 Å². The molecule has 0 rings (SSSR count). The van der Waals surface area contributed by atoms with Crippen LogP contribution >= 0.6 is 0 Å². The number of unbranched alkanes of at least 4 members (excludes halogenated alkanes) is 34. The van der Waals surface area contributed by atoms with Crippen LogP contribution in [0.3, 0.4) is 0 Å². The minimum atomic E-state index is -0.782. The summed E-state index contributed by atoms with van der Waals surface area (Å²) in [6, 6.07) is 0. The number of carbonyl (C=O) groups is 3. The molecule has 0 fully saturated rings. The number of allylic oxidation sites excluding steroid dienone is 8. The number of esters is 3. The third kappa shape index (κ3) is 54.2. The van der Waals surface area contributed by atoms with Gasteiger partial charge >= 0.3 is 17.9 Å². The summed E-state index contributed by atoms with van der Waals surface area (Å²) in [5, 5.41) is 0. The lowest BCUT2D eigenvalue weighted by Gasteiger charge is -2.18. The Morgan fingerprint density at radius 3 is 0.881 bits per heavy atom. The smallest absolute Gasteiger partial charge is 0.306 e. The molecule has 0 bridgehead atoms. The fraction of sp³-hybridized carbons (Fsp3) is 0.820. The lowest BCUT2D eigenvalue weighted by atomic mass is 10.1. The molecule has 0 heterocycles. The van der Waals surface area contributed by atoms with Crippen molar-refractivity contribution >= 4 is 17.9 Å². The van der Waals surface area contributed by atoms with Crippen molar-refractivity contribution in [3.63, 3.8) is 0 Å². The van der Waals surface area contributed by atoms with Crippen LogP contribution in [0.5, 0.6) is 0 Å². The summed E-state index contributed by atoms with van der Waals surface area (Å²) in [6.45, 7) is 6.61. The molecule has 67 heavy (non-hydrogen) atoms. The van der Waals surface area contributed by atoms with E-state index in [1.165, 1.54) is 180 Å². The summed E-state index contributed by atoms with van der Waals surface area (Å²) in [6.07, 6.45) is 68.1. The molecule has 0 unspecified atom stereocenters. The molecule has 0 aromatic rings. The van der Waals surface area contributed by atoms with E-state index in [1.807, 2.05) is 0 Å². The quantitative estimate of drug-likeness (QED) is 0.0262. The summed E-state index contributed by atoms with van der Waals surface area (Å²) in [5.41, 5.74) is 0. The number of carbonyl (C=O) groups excluding carboxylic acids is 3. The van der Waals surface area contributed by atoms with Gasteiger partial charge in [0.15, 0.2) is 6.10 Å². The Morgan fingerprint density at radius 2 is 0.537 bits per heavy atom. The zero-order chi connectivity index (χ0) is 48.6. The van der Waals surface area contributed by atoms with Crippen LogP contribution in [0.4, 0.5) is 0 Å². The molecule has 1 atom stereocenters. The molecule has 6 heteroatoms. The maximum atomic E-state index is 12.8. The van der Waals surface area contributed by atoms with Crippen molar-refractivity contribution in [3.8, 4) is 0 Å². The molecule has 6 nitrogen and oxygen atoms in total. The Kier molecular flexibility index (Phi) is 53.8. The average molecular weight is 940 g/mol. The van der Waals surface area contributed by atoms with Crippen LogP contribution in [0.2, 0.25) is 0 Å². The van der Waals surface area contributed by atoms with Gasteiger partial charge in [0, 0.05) is 19.3 Å². The normalized spacial score (nSPS) is 12.3. The molecule has 0 radical (unpaired) electrons. The van der Waals surface area contributed by atoms with Gasteiger partial charge in [-0.2, -0.15) is 0 Å². The van der Waals surface area contributed by atoms with Gasteiger partial charge in [0.1, 0.15) is 13.2 Å². The zero-order valence-corrected chi connectivity index (χ0v) is 44.7. The number of hydrogen-bond donors (Lipinski definition) is 0. The summed E-state index contributed by atoms with van der Waals surface area (Å²) in [5.74, 6) is -0.887. The SMILES string of the molecule is CCCCC/C=C/C/C=C/CCCCCCCC(=O)O[C@H](COC(=O)CCCCCCCCC/C=C/CCCCCC)COC(=O)CCCCCCCCCCC/C=C/CCCCCCCC. The molecule has 0 aliphatic heterocycles. The highest BCUT2D eigenvalue weighted by atomic mass is 16.6. The highest BCUT2D eigenvalue weighted by Gasteiger charge is 2.19. The van der Waals surface area contributed by atoms with Crippen molar-refractivity contribution in [2.24, 2.45) is 0 Å². The van der Waals surface area contributed by atoms with E-state index in [4.69, 9.17) is 14.2 Å². The molecular formula is C61H110O6. The van der Waals surface area contributed by atoms with Crippen molar-refractivity contribution in [1.82, 2.24) is 0 Å². The van der Waals surface area contributed by atoms with Gasteiger partial charge in [0.05, 0.1) is 0 Å². The van der Waals surface area contributed by atoms with E-state index < -0.39 is 6.10 Å². The van der Waals surface area contributed by atoms with Crippen LogP contribution in [-0.4, -0.2) is 37.2 Å². The predicted octanol–water partition coefficient (Wildman–Crippen LogP) is 19.4. The number of rotatable bonds is 53. The summed E-state index contributed by atoms with van der Waals surface area (Å²) in [4.78, 5) is 38.2. The Balaban J connectivity index is 4.36. The van der Waals surface area contributed by atoms with Gasteiger partial charge in [-0.15, -0.1) is 0 Å². The van der Waals surface area contributed by atoms with Crippen molar-refractivity contribution in [3.05, 3.63) is 48.6 Å². The van der Waals surface area contributed by atoms with Crippen LogP contribution < -0.4 is 0 Å². The first-order valence-corrected chi connectivity index (χ1v) is 29.1. The molecule has 0 aliphatic carbocycles. The van der Waals surface area contributed by atoms with Gasteiger partial charge < -0.3 is 14.2 Å². The largest absolute Gasteiger partial charge is 0.462 e. The Labute approximate surface area is 416 Å². The summed E-state index contributed by atoms with van der Waals surface area (Å²) >= 11 is 0. The summed E-state index contributed by atoms with van der Waals surface area (Å²) in [7, 11) is 0. The molecular weight excluding hydrogens is 829 g/mol. The van der Waals surface area contributed by atoms with Crippen LogP contribution in [0.15, 0.2) is 48.6 Å². The van der Waals surface area contributed by atoms with Crippen molar-refractivity contribution in [2.45, 2.75) is 309 Å². The molecule has 0 amide bonds. The average Bonchev–Trinajstić information content (AvgIpc) is 3.33. The van der Waals surface area contributed by atoms with E-state index >= 15 is 0 Å². The fourth-order valence-corrected chi connectivity index (χ4v) is 8.35. The molecule has 0 N–H and O–H groups in total. The maximum Gasteiger partial charge on any atom is 0.306 e. The first-order valence-electron chi connectivity index (χ1n) is 29.1. The molecule has 390 valence electrons. The summed E-state index contributed by atoms with van der Waals surface area (Å²) < 4.78 is 16.9. The van der Waals surface area contributed by atoms with E-state index in [0.29, 0.717) is 19.3 Å². The van der Waals surface area contributed by atoms with E-state index in [0.717, 1.165) is 83.5 Å². The standard InChI is InChI=1S/C61H110O6/c1-4-7-10-13-16-19-22-25-28-29-30-31-34-36-39-42-45-48-51-54-60(63)66-57-58(67-61(64)55-52-49-46-43-40-37-33-27-24-21-18-15-12-9-6-3)56-65-59(62)53-50-47-44-41-38-35-32-26-23-20-17-14-11-8-5-2/h18,20-21,23,25,27-28,33,58H,4-17,19,22,24,26,29-32,34-57H2,1-3H3/b21-18+,23-20+,28-25+,33-27+/t58-/m1/s1. The molecule has 0 aromatic carbocycles. The number of hydrogen-bond acceptors (Lipinski definition) is 6. The molecule has 0 aromatic heterocycles. The highest BCUT2D eigenvalue weighted by Crippen LogP contribution is 2.15. The highest BCUT2D eigenvalue weighted by molar-refractivity contribution is 5.71. The topological polar surface area (TPSA) is 78.9 Å². The van der Waals surface area contributed by atoms with Crippen LogP contribution in [0, 0.1) is 0 Å². The minimum Gasteiger partial charge on any atom is -0.462 e. The van der Waals surface area contributed by atoms with Gasteiger partial charge in [0.25, 0.3) is 0 Å². The number of ether oxygens (including phenoxy) is 3. The Morgan fingerprint density at radius 1 is 0.299 bits per heavy atom. The van der Waals surface area contributed by atoms with E-state index in [-0.39, 0.29) is 31.1 Å². The van der Waals surface area contributed by atoms with Crippen LogP contribution in [0.1, 0.15) is 303 Å². The first kappa shape index (κ1) is 64.4. The molecule has 0 saturated carbocycles. The lowest BCUT2D eigenvalue weighted by molar-refractivity contribution is -0.167. The molecule has 0 saturated heterocycles. The Hall–Kier alpha value is -2.63. The maximum absolute atomic E-state index is 12.8. The minimum absolute atomic E-state index is 0.0797. The van der Waals surface area contributed by atoms with Gasteiger partial charge in [-0.25, -0.2) is 0 Å². The predicted molar refractivity (Wildman–Crippen MR) is 289 cm³/mol. The third-order valence-electron chi connectivity index (χ3n) is 12.8. The molecule has 0 aliphatic rings. The van der Waals surface area contributed by atoms with Crippen molar-refractivity contribution in [1.29, 1.82) is 0 Å². The molecule has 0 spiro atoms. The lowest BCUT2D eigenvalue weighted by Crippen LogP contribution is -2.30. The third-order valence-corrected chi connectivity index (χ3v) is 12.8. The van der Waals surface area contributed by atoms with Gasteiger partial charge in [-0.05, 0) is 103 Å². The van der Waals surface area contributed by atoms with Gasteiger partial charge in [0.2, 0.25) is 0 Å². The van der Waals surface area contributed by atoms with Crippen molar-refractivity contribution < 1.29 is 28.6 Å². The monoisotopic (exact) mass is 939 g/mol. The van der Waals surface area contributed by atoms with E-state index in [9.17, 15) is 14.4 Å². The van der Waals surface area contributed by atoms with Gasteiger partial charge in [-0.3, -0.25) is 14.4 Å². The van der Waals surface area contributed by atoms with Gasteiger partial charge in [-0.1, -0.05) is 230 Å². The first-order chi connectivity index (χ1) is 33.0. The Bertz CT molecular complexity index is 1170. The van der Waals surface area contributed by atoms with E-state index in [2.05, 4.69) is 69.4 Å².